The van der Waals surface area contributed by atoms with Gasteiger partial charge in [0.15, 0.2) is 0 Å². The smallest absolute Gasteiger partial charge is 0.241 e. The predicted molar refractivity (Wildman–Crippen MR) is 97.2 cm³/mol. The number of likely N-dealkylation sites (N-methyl/N-ethyl adjacent to an activating group) is 1. The molecule has 1 aliphatic heterocycles. The van der Waals surface area contributed by atoms with Crippen molar-refractivity contribution in [2.45, 2.75) is 38.3 Å². The van der Waals surface area contributed by atoms with E-state index in [4.69, 9.17) is 0 Å². The van der Waals surface area contributed by atoms with Crippen LogP contribution in [0, 0.1) is 0 Å². The number of hydrogen-bond acceptors (Lipinski definition) is 2. The maximum atomic E-state index is 13.0. The van der Waals surface area contributed by atoms with Crippen molar-refractivity contribution < 1.29 is 4.79 Å². The molecule has 0 spiro atoms. The topological polar surface area (TPSA) is 23.6 Å². The van der Waals surface area contributed by atoms with Crippen molar-refractivity contribution in [1.82, 2.24) is 4.90 Å². The fourth-order valence-electron chi connectivity index (χ4n) is 4.34. The zero-order valence-electron chi connectivity index (χ0n) is 14.4. The molecule has 2 atom stereocenters. The normalized spacial score (nSPS) is 21.9. The van der Waals surface area contributed by atoms with E-state index < -0.39 is 0 Å². The molecule has 0 unspecified atom stereocenters. The lowest BCUT2D eigenvalue weighted by molar-refractivity contribution is -0.120. The highest BCUT2D eigenvalue weighted by Gasteiger charge is 2.33. The first kappa shape index (κ1) is 15.4. The van der Waals surface area contributed by atoms with E-state index in [1.54, 1.807) is 0 Å². The van der Waals surface area contributed by atoms with Crippen molar-refractivity contribution in [1.29, 1.82) is 0 Å². The summed E-state index contributed by atoms with van der Waals surface area (Å²) in [5, 5.41) is 0. The van der Waals surface area contributed by atoms with E-state index in [9.17, 15) is 4.79 Å². The van der Waals surface area contributed by atoms with Gasteiger partial charge in [0.2, 0.25) is 5.91 Å². The number of carbonyl (C=O) groups is 1. The molecule has 124 valence electrons. The Kier molecular flexibility index (Phi) is 3.89. The van der Waals surface area contributed by atoms with Crippen LogP contribution in [0.25, 0.3) is 0 Å². The van der Waals surface area contributed by atoms with E-state index in [1.807, 2.05) is 11.0 Å². The van der Waals surface area contributed by atoms with E-state index in [0.717, 1.165) is 24.9 Å². The second-order valence-corrected chi connectivity index (χ2v) is 7.11. The number of hydrogen-bond donors (Lipinski definition) is 0. The zero-order valence-corrected chi connectivity index (χ0v) is 14.4. The van der Waals surface area contributed by atoms with Crippen LogP contribution in [0.4, 0.5) is 5.69 Å². The Morgan fingerprint density at radius 2 is 1.83 bits per heavy atom. The van der Waals surface area contributed by atoms with Gasteiger partial charge in [0.25, 0.3) is 0 Å². The van der Waals surface area contributed by atoms with Crippen LogP contribution in [0.2, 0.25) is 0 Å². The van der Waals surface area contributed by atoms with Gasteiger partial charge in [-0.15, -0.1) is 0 Å². The molecule has 2 aromatic rings. The second kappa shape index (κ2) is 6.06. The summed E-state index contributed by atoms with van der Waals surface area (Å²) in [4.78, 5) is 17.2. The van der Waals surface area contributed by atoms with Crippen LogP contribution < -0.4 is 4.90 Å². The van der Waals surface area contributed by atoms with E-state index >= 15 is 0 Å². The Morgan fingerprint density at radius 1 is 1.12 bits per heavy atom. The Balaban J connectivity index is 1.51. The maximum absolute atomic E-state index is 13.0. The molecule has 24 heavy (non-hydrogen) atoms. The Labute approximate surface area is 143 Å². The minimum absolute atomic E-state index is 0.208. The number of benzene rings is 2. The van der Waals surface area contributed by atoms with Gasteiger partial charge in [0, 0.05) is 17.8 Å². The number of fused-ring (bicyclic) bond motifs is 2. The summed E-state index contributed by atoms with van der Waals surface area (Å²) in [5.74, 6) is 0.208. The first-order chi connectivity index (χ1) is 11.6. The summed E-state index contributed by atoms with van der Waals surface area (Å²) in [7, 11) is 2.08. The number of aryl methyl sites for hydroxylation is 1. The number of carbonyl (C=O) groups excluding carboxylic acids is 1. The first-order valence-corrected chi connectivity index (χ1v) is 8.83. The van der Waals surface area contributed by atoms with Gasteiger partial charge in [-0.05, 0) is 56.0 Å². The average Bonchev–Trinajstić information content (AvgIpc) is 3.14. The fraction of sp³-hybridized carbons (Fsp3) is 0.381. The number of rotatable bonds is 3. The highest BCUT2D eigenvalue weighted by molar-refractivity contribution is 5.97. The monoisotopic (exact) mass is 320 g/mol. The van der Waals surface area contributed by atoms with E-state index in [1.165, 1.54) is 16.7 Å². The minimum atomic E-state index is 0.208. The summed E-state index contributed by atoms with van der Waals surface area (Å²) < 4.78 is 0. The Morgan fingerprint density at radius 3 is 2.67 bits per heavy atom. The summed E-state index contributed by atoms with van der Waals surface area (Å²) in [6.07, 6.45) is 3.18. The predicted octanol–water partition coefficient (Wildman–Crippen LogP) is 3.58. The molecule has 4 rings (SSSR count). The molecule has 1 aliphatic carbocycles. The van der Waals surface area contributed by atoms with Gasteiger partial charge < -0.3 is 4.90 Å². The van der Waals surface area contributed by atoms with Crippen molar-refractivity contribution in [2.24, 2.45) is 0 Å². The number of anilines is 1. The number of para-hydroxylation sites is 1. The van der Waals surface area contributed by atoms with Crippen molar-refractivity contribution in [3.05, 3.63) is 65.2 Å². The summed E-state index contributed by atoms with van der Waals surface area (Å²) >= 11 is 0. The summed E-state index contributed by atoms with van der Waals surface area (Å²) in [6.45, 7) is 2.61. The average molecular weight is 320 g/mol. The van der Waals surface area contributed by atoms with Gasteiger partial charge in [-0.2, -0.15) is 0 Å². The van der Waals surface area contributed by atoms with Crippen LogP contribution in [0.15, 0.2) is 48.5 Å². The highest BCUT2D eigenvalue weighted by Crippen LogP contribution is 2.36. The van der Waals surface area contributed by atoms with Crippen LogP contribution in [0.5, 0.6) is 0 Å². The number of amides is 1. The van der Waals surface area contributed by atoms with Crippen LogP contribution in [-0.2, 0) is 17.6 Å². The Bertz CT molecular complexity index is 770. The molecule has 2 aromatic carbocycles. The third-order valence-corrected chi connectivity index (χ3v) is 5.49. The molecule has 3 nitrogen and oxygen atoms in total. The highest BCUT2D eigenvalue weighted by atomic mass is 16.2. The van der Waals surface area contributed by atoms with E-state index in [2.05, 4.69) is 61.3 Å². The molecule has 3 heteroatoms. The molecule has 0 aromatic heterocycles. The summed E-state index contributed by atoms with van der Waals surface area (Å²) in [5.41, 5.74) is 5.20. The van der Waals surface area contributed by atoms with Crippen molar-refractivity contribution in [3.8, 4) is 0 Å². The van der Waals surface area contributed by atoms with Gasteiger partial charge in [0.1, 0.15) is 0 Å². The van der Waals surface area contributed by atoms with Crippen LogP contribution in [0.1, 0.15) is 36.1 Å². The molecular weight excluding hydrogens is 296 g/mol. The molecule has 2 aliphatic rings. The molecule has 1 amide bonds. The fourth-order valence-corrected chi connectivity index (χ4v) is 4.34. The number of nitrogens with zero attached hydrogens (tertiary/aromatic N) is 2. The van der Waals surface area contributed by atoms with Crippen molar-refractivity contribution in [2.75, 3.05) is 18.5 Å². The Hall–Kier alpha value is -2.13. The molecule has 0 bridgehead atoms. The van der Waals surface area contributed by atoms with Crippen LogP contribution in [0.3, 0.4) is 0 Å². The second-order valence-electron chi connectivity index (χ2n) is 7.11. The standard InChI is InChI=1S/C21H24N2O/c1-15-13-17-8-4-6-10-19(17)23(15)21(24)14-22(2)20-12-11-16-7-3-5-9-18(16)20/h3-10,15,20H,11-14H2,1-2H3/t15-,20+/m1/s1. The van der Waals surface area contributed by atoms with Crippen LogP contribution in [-0.4, -0.2) is 30.4 Å². The lowest BCUT2D eigenvalue weighted by Gasteiger charge is -2.29. The van der Waals surface area contributed by atoms with Crippen molar-refractivity contribution in [3.63, 3.8) is 0 Å². The molecule has 1 heterocycles. The van der Waals surface area contributed by atoms with Gasteiger partial charge in [0.05, 0.1) is 6.54 Å². The van der Waals surface area contributed by atoms with Gasteiger partial charge >= 0.3 is 0 Å². The lowest BCUT2D eigenvalue weighted by atomic mass is 10.1. The van der Waals surface area contributed by atoms with Gasteiger partial charge in [-0.25, -0.2) is 0 Å². The quantitative estimate of drug-likeness (QED) is 0.863. The summed E-state index contributed by atoms with van der Waals surface area (Å²) in [6, 6.07) is 17.5. The van der Waals surface area contributed by atoms with E-state index in [0.29, 0.717) is 12.6 Å². The zero-order chi connectivity index (χ0) is 16.7. The van der Waals surface area contributed by atoms with Gasteiger partial charge in [-0.1, -0.05) is 42.5 Å². The molecule has 0 N–H and O–H groups in total. The first-order valence-electron chi connectivity index (χ1n) is 8.83. The third-order valence-electron chi connectivity index (χ3n) is 5.49. The largest absolute Gasteiger partial charge is 0.308 e. The van der Waals surface area contributed by atoms with Crippen LogP contribution >= 0.6 is 0 Å². The minimum Gasteiger partial charge on any atom is -0.308 e. The van der Waals surface area contributed by atoms with Crippen molar-refractivity contribution >= 4 is 11.6 Å². The molecule has 0 radical (unpaired) electrons. The van der Waals surface area contributed by atoms with E-state index in [-0.39, 0.29) is 11.9 Å². The molecule has 0 saturated heterocycles. The van der Waals surface area contributed by atoms with Gasteiger partial charge in [-0.3, -0.25) is 9.69 Å². The molecule has 0 saturated carbocycles. The maximum Gasteiger partial charge on any atom is 0.241 e. The SMILES string of the molecule is C[C@@H]1Cc2ccccc2N1C(=O)CN(C)[C@H]1CCc2ccccc21. The molecular formula is C21H24N2O. The third kappa shape index (κ3) is 2.53. The lowest BCUT2D eigenvalue weighted by Crippen LogP contribution is -2.42. The molecule has 0 fully saturated rings.